The fourth-order valence-electron chi connectivity index (χ4n) is 3.10. The summed E-state index contributed by atoms with van der Waals surface area (Å²) in [6.45, 7) is 4.49. The Morgan fingerprint density at radius 3 is 2.32 bits per heavy atom. The van der Waals surface area contributed by atoms with Gasteiger partial charge in [-0.3, -0.25) is 9.59 Å². The number of thioether (sulfide) groups is 1. The predicted molar refractivity (Wildman–Crippen MR) is 112 cm³/mol. The average molecular weight is 399 g/mol. The van der Waals surface area contributed by atoms with Crippen molar-refractivity contribution in [2.45, 2.75) is 13.0 Å². The highest BCUT2D eigenvalue weighted by atomic mass is 32.2. The molecule has 1 fully saturated rings. The number of hydrogen-bond acceptors (Lipinski definition) is 4. The van der Waals surface area contributed by atoms with E-state index in [0.717, 1.165) is 11.1 Å². The minimum Gasteiger partial charge on any atom is -0.378 e. The molecule has 28 heavy (non-hydrogen) atoms. The van der Waals surface area contributed by atoms with Crippen LogP contribution in [-0.4, -0.2) is 54.5 Å². The summed E-state index contributed by atoms with van der Waals surface area (Å²) in [6, 6.07) is 17.9. The monoisotopic (exact) mass is 398 g/mol. The zero-order valence-electron chi connectivity index (χ0n) is 16.1. The lowest BCUT2D eigenvalue weighted by Gasteiger charge is -2.26. The molecule has 1 aliphatic heterocycles. The second kappa shape index (κ2) is 10.3. The largest absolute Gasteiger partial charge is 0.378 e. The van der Waals surface area contributed by atoms with Crippen molar-refractivity contribution in [3.63, 3.8) is 0 Å². The zero-order valence-corrected chi connectivity index (χ0v) is 16.9. The molecule has 1 unspecified atom stereocenters. The maximum absolute atomic E-state index is 12.5. The molecule has 5 nitrogen and oxygen atoms in total. The van der Waals surface area contributed by atoms with Gasteiger partial charge in [0, 0.05) is 13.1 Å². The second-order valence-electron chi connectivity index (χ2n) is 6.81. The van der Waals surface area contributed by atoms with E-state index in [-0.39, 0.29) is 23.6 Å². The minimum atomic E-state index is -0.204. The molecular weight excluding hydrogens is 372 g/mol. The molecule has 0 bridgehead atoms. The number of rotatable bonds is 7. The van der Waals surface area contributed by atoms with E-state index in [4.69, 9.17) is 4.74 Å². The Labute approximate surface area is 170 Å². The van der Waals surface area contributed by atoms with E-state index >= 15 is 0 Å². The molecule has 1 heterocycles. The summed E-state index contributed by atoms with van der Waals surface area (Å²) in [4.78, 5) is 26.5. The lowest BCUT2D eigenvalue weighted by molar-refractivity contribution is -0.132. The molecule has 0 aliphatic carbocycles. The third kappa shape index (κ3) is 5.84. The third-order valence-corrected chi connectivity index (χ3v) is 5.59. The fraction of sp³-hybridized carbons (Fsp3) is 0.364. The molecule has 1 atom stereocenters. The Morgan fingerprint density at radius 2 is 1.64 bits per heavy atom. The van der Waals surface area contributed by atoms with Crippen molar-refractivity contribution >= 4 is 23.6 Å². The Kier molecular flexibility index (Phi) is 7.51. The van der Waals surface area contributed by atoms with Crippen molar-refractivity contribution in [3.8, 4) is 0 Å². The fourth-order valence-corrected chi connectivity index (χ4v) is 3.83. The second-order valence-corrected chi connectivity index (χ2v) is 7.79. The molecule has 2 amide bonds. The summed E-state index contributed by atoms with van der Waals surface area (Å²) in [6.07, 6.45) is 0. The van der Waals surface area contributed by atoms with Gasteiger partial charge in [0.1, 0.15) is 0 Å². The van der Waals surface area contributed by atoms with Gasteiger partial charge in [-0.2, -0.15) is 0 Å². The number of morpholine rings is 1. The summed E-state index contributed by atoms with van der Waals surface area (Å²) in [5, 5.41) is 3.12. The van der Waals surface area contributed by atoms with Crippen LogP contribution in [0.2, 0.25) is 0 Å². The maximum Gasteiger partial charge on any atom is 0.232 e. The minimum absolute atomic E-state index is 0.0687. The highest BCUT2D eigenvalue weighted by Gasteiger charge is 2.19. The Hall–Kier alpha value is -2.31. The number of nitrogens with zero attached hydrogens (tertiary/aromatic N) is 1. The van der Waals surface area contributed by atoms with Gasteiger partial charge in [0.15, 0.2) is 0 Å². The number of benzene rings is 2. The van der Waals surface area contributed by atoms with E-state index < -0.39 is 0 Å². The molecular formula is C22H26N2O3S. The number of nitrogens with one attached hydrogen (secondary N) is 1. The van der Waals surface area contributed by atoms with Gasteiger partial charge in [-0.1, -0.05) is 60.2 Å². The van der Waals surface area contributed by atoms with Gasteiger partial charge in [0.25, 0.3) is 0 Å². The van der Waals surface area contributed by atoms with Gasteiger partial charge in [0.2, 0.25) is 11.8 Å². The first-order valence-corrected chi connectivity index (χ1v) is 10.6. The number of aryl methyl sites for hydroxylation is 1. The van der Waals surface area contributed by atoms with Crippen LogP contribution in [0.25, 0.3) is 0 Å². The number of carbonyl (C=O) groups is 2. The Morgan fingerprint density at radius 1 is 1.00 bits per heavy atom. The van der Waals surface area contributed by atoms with Crippen molar-refractivity contribution in [2.75, 3.05) is 37.8 Å². The summed E-state index contributed by atoms with van der Waals surface area (Å²) < 4.78 is 5.26. The normalized spacial score (nSPS) is 15.1. The van der Waals surface area contributed by atoms with Crippen molar-refractivity contribution < 1.29 is 14.3 Å². The van der Waals surface area contributed by atoms with Crippen LogP contribution in [-0.2, 0) is 14.3 Å². The van der Waals surface area contributed by atoms with Gasteiger partial charge in [-0.05, 0) is 18.1 Å². The number of ether oxygens (including phenoxy) is 1. The van der Waals surface area contributed by atoms with E-state index in [2.05, 4.69) is 5.32 Å². The quantitative estimate of drug-likeness (QED) is 0.779. The molecule has 3 rings (SSSR count). The van der Waals surface area contributed by atoms with Gasteiger partial charge >= 0.3 is 0 Å². The molecule has 6 heteroatoms. The molecule has 0 radical (unpaired) electrons. The third-order valence-electron chi connectivity index (χ3n) is 4.67. The number of hydrogen-bond donors (Lipinski definition) is 1. The van der Waals surface area contributed by atoms with Gasteiger partial charge in [0.05, 0.1) is 30.8 Å². The van der Waals surface area contributed by atoms with E-state index in [9.17, 15) is 9.59 Å². The van der Waals surface area contributed by atoms with Crippen LogP contribution in [0.5, 0.6) is 0 Å². The summed E-state index contributed by atoms with van der Waals surface area (Å²) in [5.41, 5.74) is 3.26. The summed E-state index contributed by atoms with van der Waals surface area (Å²) >= 11 is 1.35. The number of carbonyl (C=O) groups excluding carboxylic acids is 2. The van der Waals surface area contributed by atoms with Crippen LogP contribution in [0.3, 0.4) is 0 Å². The van der Waals surface area contributed by atoms with Crippen molar-refractivity contribution in [3.05, 3.63) is 71.3 Å². The van der Waals surface area contributed by atoms with Crippen LogP contribution in [0.1, 0.15) is 22.7 Å². The summed E-state index contributed by atoms with van der Waals surface area (Å²) in [5.74, 6) is 0.563. The molecule has 1 aliphatic rings. The number of amides is 2. The highest BCUT2D eigenvalue weighted by molar-refractivity contribution is 8.00. The summed E-state index contributed by atoms with van der Waals surface area (Å²) in [7, 11) is 0. The van der Waals surface area contributed by atoms with E-state index in [1.807, 2.05) is 61.5 Å². The molecule has 0 aromatic heterocycles. The maximum atomic E-state index is 12.5. The molecule has 2 aromatic carbocycles. The first kappa shape index (κ1) is 20.4. The van der Waals surface area contributed by atoms with Crippen LogP contribution in [0, 0.1) is 6.92 Å². The van der Waals surface area contributed by atoms with Crippen molar-refractivity contribution in [1.29, 1.82) is 0 Å². The molecule has 2 aromatic rings. The lowest BCUT2D eigenvalue weighted by Crippen LogP contribution is -2.41. The van der Waals surface area contributed by atoms with E-state index in [1.165, 1.54) is 17.3 Å². The van der Waals surface area contributed by atoms with Gasteiger partial charge in [-0.25, -0.2) is 0 Å². The average Bonchev–Trinajstić information content (AvgIpc) is 2.74. The smallest absolute Gasteiger partial charge is 0.232 e. The van der Waals surface area contributed by atoms with Crippen molar-refractivity contribution in [1.82, 2.24) is 10.2 Å². The standard InChI is InChI=1S/C22H26N2O3S/c1-17-7-9-19(10-8-17)22(18-5-3-2-4-6-18)23-20(25)15-28-16-21(26)24-11-13-27-14-12-24/h2-10,22H,11-16H2,1H3,(H,23,25). The zero-order chi connectivity index (χ0) is 19.8. The SMILES string of the molecule is Cc1ccc(C(NC(=O)CSCC(=O)N2CCOCC2)c2ccccc2)cc1. The topological polar surface area (TPSA) is 58.6 Å². The van der Waals surface area contributed by atoms with Gasteiger partial charge in [-0.15, -0.1) is 11.8 Å². The van der Waals surface area contributed by atoms with Crippen LogP contribution in [0.4, 0.5) is 0 Å². The van der Waals surface area contributed by atoms with Crippen molar-refractivity contribution in [2.24, 2.45) is 0 Å². The van der Waals surface area contributed by atoms with Crippen LogP contribution >= 0.6 is 11.8 Å². The molecule has 0 saturated carbocycles. The van der Waals surface area contributed by atoms with Crippen LogP contribution < -0.4 is 5.32 Å². The van der Waals surface area contributed by atoms with Crippen LogP contribution in [0.15, 0.2) is 54.6 Å². The molecule has 148 valence electrons. The lowest BCUT2D eigenvalue weighted by atomic mass is 9.98. The molecule has 0 spiro atoms. The van der Waals surface area contributed by atoms with E-state index in [0.29, 0.717) is 32.1 Å². The van der Waals surface area contributed by atoms with Gasteiger partial charge < -0.3 is 15.0 Å². The Balaban J connectivity index is 1.57. The predicted octanol–water partition coefficient (Wildman–Crippen LogP) is 2.79. The Bertz CT molecular complexity index is 774. The highest BCUT2D eigenvalue weighted by Crippen LogP contribution is 2.22. The first-order chi connectivity index (χ1) is 13.6. The molecule has 1 N–H and O–H groups in total. The first-order valence-electron chi connectivity index (χ1n) is 9.47. The molecule has 1 saturated heterocycles. The van der Waals surface area contributed by atoms with E-state index in [1.54, 1.807) is 4.90 Å².